The number of imidazole rings is 1. The maximum atomic E-state index is 9.15. The lowest BCUT2D eigenvalue weighted by atomic mass is 10.1. The highest BCUT2D eigenvalue weighted by Gasteiger charge is 2.05. The van der Waals surface area contributed by atoms with E-state index >= 15 is 0 Å². The van der Waals surface area contributed by atoms with Gasteiger partial charge in [0.25, 0.3) is 0 Å². The molecule has 1 heterocycles. The molecule has 0 spiro atoms. The van der Waals surface area contributed by atoms with Crippen molar-refractivity contribution >= 4 is 5.69 Å². The number of rotatable bonds is 4. The van der Waals surface area contributed by atoms with Crippen LogP contribution in [-0.4, -0.2) is 9.55 Å². The minimum atomic E-state index is 0.673. The van der Waals surface area contributed by atoms with Gasteiger partial charge in [0, 0.05) is 12.7 Å². The van der Waals surface area contributed by atoms with Crippen LogP contribution in [0.5, 0.6) is 0 Å². The normalized spacial score (nSPS) is 10.1. The molecular formula is C14H16N4. The number of nitrogens with zero attached hydrogens (tertiary/aromatic N) is 3. The molecule has 0 saturated carbocycles. The lowest BCUT2D eigenvalue weighted by Crippen LogP contribution is -2.07. The maximum Gasteiger partial charge on any atom is 0.102 e. The second kappa shape index (κ2) is 5.37. The summed E-state index contributed by atoms with van der Waals surface area (Å²) < 4.78 is 2.08. The van der Waals surface area contributed by atoms with Crippen molar-refractivity contribution in [3.05, 3.63) is 47.5 Å². The second-order valence-electron chi connectivity index (χ2n) is 4.13. The van der Waals surface area contributed by atoms with Crippen molar-refractivity contribution in [2.24, 2.45) is 0 Å². The summed E-state index contributed by atoms with van der Waals surface area (Å²) in [5.41, 5.74) is 3.69. The van der Waals surface area contributed by atoms with Crippen LogP contribution in [0.15, 0.2) is 30.7 Å². The Morgan fingerprint density at radius 2 is 2.28 bits per heavy atom. The van der Waals surface area contributed by atoms with E-state index in [2.05, 4.69) is 27.9 Å². The summed E-state index contributed by atoms with van der Waals surface area (Å²) in [5.74, 6) is 0. The molecule has 0 saturated heterocycles. The van der Waals surface area contributed by atoms with E-state index in [0.717, 1.165) is 23.5 Å². The van der Waals surface area contributed by atoms with E-state index in [1.807, 2.05) is 37.6 Å². The minimum Gasteiger partial charge on any atom is -0.378 e. The molecule has 0 aliphatic rings. The molecule has 4 nitrogen and oxygen atoms in total. The smallest absolute Gasteiger partial charge is 0.102 e. The van der Waals surface area contributed by atoms with Gasteiger partial charge in [0.15, 0.2) is 0 Å². The van der Waals surface area contributed by atoms with Gasteiger partial charge in [0.1, 0.15) is 6.07 Å². The molecule has 0 fully saturated rings. The van der Waals surface area contributed by atoms with Crippen molar-refractivity contribution in [1.29, 1.82) is 5.26 Å². The molecule has 1 aromatic carbocycles. The topological polar surface area (TPSA) is 53.6 Å². The molecule has 0 amide bonds. The first kappa shape index (κ1) is 12.2. The third kappa shape index (κ3) is 2.35. The van der Waals surface area contributed by atoms with Crippen molar-refractivity contribution in [2.45, 2.75) is 26.9 Å². The lowest BCUT2D eigenvalue weighted by molar-refractivity contribution is 0.719. The van der Waals surface area contributed by atoms with Gasteiger partial charge in [-0.1, -0.05) is 12.1 Å². The zero-order valence-corrected chi connectivity index (χ0v) is 10.6. The molecule has 0 atom stereocenters. The molecule has 92 valence electrons. The molecule has 0 aliphatic carbocycles. The number of benzene rings is 1. The Hall–Kier alpha value is -2.28. The molecule has 1 aromatic heterocycles. The van der Waals surface area contributed by atoms with Gasteiger partial charge in [0.05, 0.1) is 29.8 Å². The molecule has 0 aliphatic heterocycles. The van der Waals surface area contributed by atoms with Gasteiger partial charge < -0.3 is 9.88 Å². The summed E-state index contributed by atoms with van der Waals surface area (Å²) in [7, 11) is 0. The standard InChI is InChI=1S/C14H16N4/c1-3-18-10-16-8-12(18)9-17-14-6-4-5-11(2)13(14)7-15/h4-6,8,10,17H,3,9H2,1-2H3. The van der Waals surface area contributed by atoms with Gasteiger partial charge in [0.2, 0.25) is 0 Å². The van der Waals surface area contributed by atoms with E-state index in [9.17, 15) is 0 Å². The second-order valence-corrected chi connectivity index (χ2v) is 4.13. The quantitative estimate of drug-likeness (QED) is 0.894. The Bertz CT molecular complexity index is 578. The van der Waals surface area contributed by atoms with E-state index in [0.29, 0.717) is 12.1 Å². The van der Waals surface area contributed by atoms with Crippen LogP contribution in [0.3, 0.4) is 0 Å². The average molecular weight is 240 g/mol. The van der Waals surface area contributed by atoms with Crippen LogP contribution >= 0.6 is 0 Å². The largest absolute Gasteiger partial charge is 0.378 e. The molecule has 0 unspecified atom stereocenters. The predicted molar refractivity (Wildman–Crippen MR) is 71.1 cm³/mol. The molecule has 4 heteroatoms. The summed E-state index contributed by atoms with van der Waals surface area (Å²) in [6.45, 7) is 5.60. The fourth-order valence-corrected chi connectivity index (χ4v) is 1.93. The zero-order valence-electron chi connectivity index (χ0n) is 10.6. The molecule has 18 heavy (non-hydrogen) atoms. The summed E-state index contributed by atoms with van der Waals surface area (Å²) in [6, 6.07) is 8.06. The van der Waals surface area contributed by atoms with E-state index < -0.39 is 0 Å². The van der Waals surface area contributed by atoms with Gasteiger partial charge in [-0.2, -0.15) is 5.26 Å². The van der Waals surface area contributed by atoms with Crippen molar-refractivity contribution in [1.82, 2.24) is 9.55 Å². The fraction of sp³-hybridized carbons (Fsp3) is 0.286. The van der Waals surface area contributed by atoms with Crippen LogP contribution in [-0.2, 0) is 13.1 Å². The molecule has 1 N–H and O–H groups in total. The predicted octanol–water partition coefficient (Wildman–Crippen LogP) is 2.70. The third-order valence-corrected chi connectivity index (χ3v) is 2.98. The number of aryl methyl sites for hydroxylation is 2. The molecule has 2 rings (SSSR count). The lowest BCUT2D eigenvalue weighted by Gasteiger charge is -2.10. The monoisotopic (exact) mass is 240 g/mol. The number of nitriles is 1. The van der Waals surface area contributed by atoms with Crippen molar-refractivity contribution in [3.8, 4) is 6.07 Å². The van der Waals surface area contributed by atoms with Gasteiger partial charge in [-0.25, -0.2) is 4.98 Å². The molecule has 2 aromatic rings. The van der Waals surface area contributed by atoms with Crippen LogP contribution in [0, 0.1) is 18.3 Å². The van der Waals surface area contributed by atoms with Gasteiger partial charge in [-0.05, 0) is 25.5 Å². The summed E-state index contributed by atoms with van der Waals surface area (Å²) in [5, 5.41) is 12.4. The van der Waals surface area contributed by atoms with Crippen molar-refractivity contribution < 1.29 is 0 Å². The van der Waals surface area contributed by atoms with Gasteiger partial charge in [-0.3, -0.25) is 0 Å². The Morgan fingerprint density at radius 1 is 1.44 bits per heavy atom. The van der Waals surface area contributed by atoms with Crippen LogP contribution in [0.25, 0.3) is 0 Å². The first-order valence-corrected chi connectivity index (χ1v) is 5.98. The summed E-state index contributed by atoms with van der Waals surface area (Å²) >= 11 is 0. The van der Waals surface area contributed by atoms with Crippen molar-refractivity contribution in [3.63, 3.8) is 0 Å². The Kier molecular flexibility index (Phi) is 3.63. The number of hydrogen-bond donors (Lipinski definition) is 1. The minimum absolute atomic E-state index is 0.673. The highest BCUT2D eigenvalue weighted by molar-refractivity contribution is 5.60. The molecular weight excluding hydrogens is 224 g/mol. The number of hydrogen-bond acceptors (Lipinski definition) is 3. The van der Waals surface area contributed by atoms with Crippen LogP contribution in [0.4, 0.5) is 5.69 Å². The van der Waals surface area contributed by atoms with Gasteiger partial charge in [-0.15, -0.1) is 0 Å². The summed E-state index contributed by atoms with van der Waals surface area (Å²) in [6.07, 6.45) is 3.66. The van der Waals surface area contributed by atoms with E-state index in [1.165, 1.54) is 0 Å². The van der Waals surface area contributed by atoms with Crippen LogP contribution in [0.2, 0.25) is 0 Å². The number of anilines is 1. The van der Waals surface area contributed by atoms with Crippen molar-refractivity contribution in [2.75, 3.05) is 5.32 Å². The van der Waals surface area contributed by atoms with E-state index in [-0.39, 0.29) is 0 Å². The third-order valence-electron chi connectivity index (χ3n) is 2.98. The first-order chi connectivity index (χ1) is 8.76. The number of aromatic nitrogens is 2. The Labute approximate surface area is 107 Å². The highest BCUT2D eigenvalue weighted by atomic mass is 15.1. The highest BCUT2D eigenvalue weighted by Crippen LogP contribution is 2.19. The Morgan fingerprint density at radius 3 is 3.00 bits per heavy atom. The molecule has 0 bridgehead atoms. The number of nitrogens with one attached hydrogen (secondary N) is 1. The first-order valence-electron chi connectivity index (χ1n) is 5.98. The SMILES string of the molecule is CCn1cncc1CNc1cccc(C)c1C#N. The zero-order chi connectivity index (χ0) is 13.0. The average Bonchev–Trinajstić information content (AvgIpc) is 2.83. The van der Waals surface area contributed by atoms with E-state index in [1.54, 1.807) is 0 Å². The summed E-state index contributed by atoms with van der Waals surface area (Å²) in [4.78, 5) is 4.12. The van der Waals surface area contributed by atoms with Crippen LogP contribution < -0.4 is 5.32 Å². The fourth-order valence-electron chi connectivity index (χ4n) is 1.93. The van der Waals surface area contributed by atoms with Crippen LogP contribution in [0.1, 0.15) is 23.7 Å². The Balaban J connectivity index is 2.16. The van der Waals surface area contributed by atoms with Gasteiger partial charge >= 0.3 is 0 Å². The van der Waals surface area contributed by atoms with E-state index in [4.69, 9.17) is 5.26 Å². The maximum absolute atomic E-state index is 9.15. The molecule has 0 radical (unpaired) electrons.